The summed E-state index contributed by atoms with van der Waals surface area (Å²) in [6.07, 6.45) is 2.78. The third kappa shape index (κ3) is 2.88. The molecule has 2 aromatic rings. The number of pyridine rings is 1. The summed E-state index contributed by atoms with van der Waals surface area (Å²) in [5.41, 5.74) is 3.74. The van der Waals surface area contributed by atoms with Crippen molar-refractivity contribution in [1.82, 2.24) is 10.3 Å². The maximum absolute atomic E-state index is 5.93. The molecule has 0 radical (unpaired) electrons. The number of hydrogen-bond donors (Lipinski definition) is 2. The molecular formula is C15H16ClN3. The second-order valence-corrected chi connectivity index (χ2v) is 5.12. The molecule has 1 atom stereocenters. The molecule has 0 saturated carbocycles. The first kappa shape index (κ1) is 12.5. The lowest BCUT2D eigenvalue weighted by Crippen LogP contribution is -2.15. The van der Waals surface area contributed by atoms with E-state index in [2.05, 4.69) is 39.9 Å². The van der Waals surface area contributed by atoms with Gasteiger partial charge in [-0.3, -0.25) is 0 Å². The highest BCUT2D eigenvalue weighted by Crippen LogP contribution is 2.27. The Balaban J connectivity index is 1.88. The summed E-state index contributed by atoms with van der Waals surface area (Å²) in [4.78, 5) is 4.01. The van der Waals surface area contributed by atoms with Crippen LogP contribution in [0.1, 0.15) is 23.6 Å². The van der Waals surface area contributed by atoms with Gasteiger partial charge in [0.15, 0.2) is 0 Å². The Hall–Kier alpha value is -1.58. The highest BCUT2D eigenvalue weighted by molar-refractivity contribution is 6.29. The van der Waals surface area contributed by atoms with Gasteiger partial charge in [0.1, 0.15) is 5.15 Å². The molecular weight excluding hydrogens is 258 g/mol. The first-order valence-electron chi connectivity index (χ1n) is 6.49. The number of fused-ring (bicyclic) bond motifs is 1. The summed E-state index contributed by atoms with van der Waals surface area (Å²) in [6, 6.07) is 12.7. The maximum atomic E-state index is 5.93. The SMILES string of the molecule is Clc1cc(NC2CCNCc3ccccc32)ccn1. The van der Waals surface area contributed by atoms with Crippen molar-refractivity contribution >= 4 is 17.3 Å². The first-order valence-corrected chi connectivity index (χ1v) is 6.87. The largest absolute Gasteiger partial charge is 0.378 e. The van der Waals surface area contributed by atoms with Crippen LogP contribution in [0.4, 0.5) is 5.69 Å². The van der Waals surface area contributed by atoms with Gasteiger partial charge in [-0.15, -0.1) is 0 Å². The molecule has 0 aliphatic carbocycles. The van der Waals surface area contributed by atoms with Crippen molar-refractivity contribution in [1.29, 1.82) is 0 Å². The Labute approximate surface area is 118 Å². The van der Waals surface area contributed by atoms with Crippen LogP contribution in [0, 0.1) is 0 Å². The summed E-state index contributed by atoms with van der Waals surface area (Å²) in [5.74, 6) is 0. The Kier molecular flexibility index (Phi) is 3.67. The van der Waals surface area contributed by atoms with Crippen molar-refractivity contribution in [2.75, 3.05) is 11.9 Å². The van der Waals surface area contributed by atoms with Crippen LogP contribution < -0.4 is 10.6 Å². The van der Waals surface area contributed by atoms with Crippen LogP contribution in [0.15, 0.2) is 42.6 Å². The van der Waals surface area contributed by atoms with E-state index in [1.54, 1.807) is 6.20 Å². The average molecular weight is 274 g/mol. The lowest BCUT2D eigenvalue weighted by molar-refractivity contribution is 0.637. The highest BCUT2D eigenvalue weighted by atomic mass is 35.5. The van der Waals surface area contributed by atoms with Crippen molar-refractivity contribution < 1.29 is 0 Å². The molecule has 3 nitrogen and oxygen atoms in total. The van der Waals surface area contributed by atoms with Gasteiger partial charge in [0, 0.05) is 18.4 Å². The molecule has 2 heterocycles. The molecule has 4 heteroatoms. The van der Waals surface area contributed by atoms with E-state index in [-0.39, 0.29) is 0 Å². The number of halogens is 1. The fourth-order valence-electron chi connectivity index (χ4n) is 2.50. The van der Waals surface area contributed by atoms with Gasteiger partial charge in [0.25, 0.3) is 0 Å². The van der Waals surface area contributed by atoms with E-state index in [1.807, 2.05) is 12.1 Å². The molecule has 19 heavy (non-hydrogen) atoms. The van der Waals surface area contributed by atoms with E-state index in [0.717, 1.165) is 25.2 Å². The molecule has 0 bridgehead atoms. The van der Waals surface area contributed by atoms with Crippen molar-refractivity contribution in [2.24, 2.45) is 0 Å². The van der Waals surface area contributed by atoms with Crippen LogP contribution in [0.25, 0.3) is 0 Å². The molecule has 0 spiro atoms. The molecule has 1 aromatic heterocycles. The third-order valence-electron chi connectivity index (χ3n) is 3.42. The Morgan fingerprint density at radius 3 is 3.05 bits per heavy atom. The molecule has 2 N–H and O–H groups in total. The van der Waals surface area contributed by atoms with Gasteiger partial charge in [-0.05, 0) is 36.2 Å². The highest BCUT2D eigenvalue weighted by Gasteiger charge is 2.17. The fraction of sp³-hybridized carbons (Fsp3) is 0.267. The second-order valence-electron chi connectivity index (χ2n) is 4.73. The fourth-order valence-corrected chi connectivity index (χ4v) is 2.68. The van der Waals surface area contributed by atoms with Gasteiger partial charge in [0.2, 0.25) is 0 Å². The number of anilines is 1. The normalized spacial score (nSPS) is 18.5. The summed E-state index contributed by atoms with van der Waals surface area (Å²) >= 11 is 5.93. The predicted molar refractivity (Wildman–Crippen MR) is 78.4 cm³/mol. The molecule has 1 aliphatic heterocycles. The van der Waals surface area contributed by atoms with E-state index >= 15 is 0 Å². The summed E-state index contributed by atoms with van der Waals surface area (Å²) in [7, 11) is 0. The number of aromatic nitrogens is 1. The Morgan fingerprint density at radius 2 is 2.16 bits per heavy atom. The summed E-state index contributed by atoms with van der Waals surface area (Å²) in [5, 5.41) is 7.52. The molecule has 1 aromatic carbocycles. The molecule has 1 aliphatic rings. The minimum atomic E-state index is 0.310. The number of nitrogens with zero attached hydrogens (tertiary/aromatic N) is 1. The molecule has 0 amide bonds. The number of nitrogens with one attached hydrogen (secondary N) is 2. The maximum Gasteiger partial charge on any atom is 0.131 e. The van der Waals surface area contributed by atoms with E-state index in [4.69, 9.17) is 11.6 Å². The molecule has 0 fully saturated rings. The van der Waals surface area contributed by atoms with Crippen LogP contribution in [-0.4, -0.2) is 11.5 Å². The van der Waals surface area contributed by atoms with Gasteiger partial charge in [-0.25, -0.2) is 4.98 Å². The minimum absolute atomic E-state index is 0.310. The first-order chi connectivity index (χ1) is 9.33. The van der Waals surface area contributed by atoms with Gasteiger partial charge >= 0.3 is 0 Å². The van der Waals surface area contributed by atoms with Crippen LogP contribution in [0.5, 0.6) is 0 Å². The Bertz CT molecular complexity index is 571. The van der Waals surface area contributed by atoms with Gasteiger partial charge in [0.05, 0.1) is 6.04 Å². The van der Waals surface area contributed by atoms with Gasteiger partial charge in [-0.2, -0.15) is 0 Å². The second kappa shape index (κ2) is 5.59. The van der Waals surface area contributed by atoms with Gasteiger partial charge in [-0.1, -0.05) is 35.9 Å². The zero-order valence-electron chi connectivity index (χ0n) is 10.6. The van der Waals surface area contributed by atoms with Crippen molar-refractivity contribution in [3.05, 3.63) is 58.9 Å². The number of hydrogen-bond acceptors (Lipinski definition) is 3. The monoisotopic (exact) mass is 273 g/mol. The molecule has 1 unspecified atom stereocenters. The molecule has 98 valence electrons. The average Bonchev–Trinajstić information content (AvgIpc) is 2.62. The van der Waals surface area contributed by atoms with Crippen molar-refractivity contribution in [2.45, 2.75) is 19.0 Å². The predicted octanol–water partition coefficient (Wildman–Crippen LogP) is 3.38. The molecule has 0 saturated heterocycles. The third-order valence-corrected chi connectivity index (χ3v) is 3.63. The van der Waals surface area contributed by atoms with Gasteiger partial charge < -0.3 is 10.6 Å². The van der Waals surface area contributed by atoms with E-state index < -0.39 is 0 Å². The van der Waals surface area contributed by atoms with Crippen LogP contribution in [0.2, 0.25) is 5.15 Å². The number of benzene rings is 1. The van der Waals surface area contributed by atoms with Crippen LogP contribution in [0.3, 0.4) is 0 Å². The molecule has 3 rings (SSSR count). The topological polar surface area (TPSA) is 37.0 Å². The minimum Gasteiger partial charge on any atom is -0.378 e. The smallest absolute Gasteiger partial charge is 0.131 e. The van der Waals surface area contributed by atoms with Crippen molar-refractivity contribution in [3.63, 3.8) is 0 Å². The zero-order valence-corrected chi connectivity index (χ0v) is 11.3. The van der Waals surface area contributed by atoms with Crippen LogP contribution in [-0.2, 0) is 6.54 Å². The zero-order chi connectivity index (χ0) is 13.1. The Morgan fingerprint density at radius 1 is 1.26 bits per heavy atom. The summed E-state index contributed by atoms with van der Waals surface area (Å²) in [6.45, 7) is 1.94. The van der Waals surface area contributed by atoms with E-state index in [9.17, 15) is 0 Å². The van der Waals surface area contributed by atoms with Crippen molar-refractivity contribution in [3.8, 4) is 0 Å². The quantitative estimate of drug-likeness (QED) is 0.824. The summed E-state index contributed by atoms with van der Waals surface area (Å²) < 4.78 is 0. The lowest BCUT2D eigenvalue weighted by atomic mass is 9.99. The standard InChI is InChI=1S/C15H16ClN3/c16-15-9-12(5-8-18-15)19-14-6-7-17-10-11-3-1-2-4-13(11)14/h1-5,8-9,14,17H,6-7,10H2,(H,18,19). The van der Waals surface area contributed by atoms with E-state index in [0.29, 0.717) is 11.2 Å². The number of rotatable bonds is 2. The lowest BCUT2D eigenvalue weighted by Gasteiger charge is -2.20. The van der Waals surface area contributed by atoms with E-state index in [1.165, 1.54) is 11.1 Å². The van der Waals surface area contributed by atoms with Crippen LogP contribution >= 0.6 is 11.6 Å².